The van der Waals surface area contributed by atoms with Crippen LogP contribution in [-0.2, 0) is 14.8 Å². The molecule has 9 heteroatoms. The molecule has 1 fully saturated rings. The molecular formula is C11H17NO6S2. The van der Waals surface area contributed by atoms with Crippen molar-refractivity contribution in [3.63, 3.8) is 0 Å². The first kappa shape index (κ1) is 15.8. The predicted molar refractivity (Wildman–Crippen MR) is 71.9 cm³/mol. The van der Waals surface area contributed by atoms with Gasteiger partial charge in [0, 0.05) is 6.54 Å². The molecule has 2 heterocycles. The van der Waals surface area contributed by atoms with E-state index in [1.807, 2.05) is 0 Å². The summed E-state index contributed by atoms with van der Waals surface area (Å²) in [5.41, 5.74) is 0. The van der Waals surface area contributed by atoms with Gasteiger partial charge in [-0.2, -0.15) is 0 Å². The first-order chi connectivity index (χ1) is 9.33. The number of hydrogen-bond donors (Lipinski definition) is 4. The third-order valence-corrected chi connectivity index (χ3v) is 6.01. The Balaban J connectivity index is 2.00. The number of ether oxygens (including phenoxy) is 1. The number of rotatable bonds is 4. The third kappa shape index (κ3) is 3.19. The van der Waals surface area contributed by atoms with Gasteiger partial charge in [-0.15, -0.1) is 11.3 Å². The van der Waals surface area contributed by atoms with E-state index in [2.05, 4.69) is 4.72 Å². The molecule has 0 unspecified atom stereocenters. The van der Waals surface area contributed by atoms with Crippen molar-refractivity contribution in [1.29, 1.82) is 0 Å². The second kappa shape index (κ2) is 6.06. The summed E-state index contributed by atoms with van der Waals surface area (Å²) in [5, 5.41) is 30.6. The van der Waals surface area contributed by atoms with Gasteiger partial charge in [0.15, 0.2) is 0 Å². The third-order valence-electron chi connectivity index (χ3n) is 3.19. The molecular weight excluding hydrogens is 306 g/mol. The zero-order chi connectivity index (χ0) is 14.9. The van der Waals surface area contributed by atoms with Gasteiger partial charge >= 0.3 is 0 Å². The second-order valence-corrected chi connectivity index (χ2v) is 7.58. The van der Waals surface area contributed by atoms with Gasteiger partial charge in [-0.1, -0.05) is 6.07 Å². The summed E-state index contributed by atoms with van der Waals surface area (Å²) in [6, 6.07) is 3.08. The largest absolute Gasteiger partial charge is 0.388 e. The minimum Gasteiger partial charge on any atom is -0.388 e. The molecule has 114 valence electrons. The maximum Gasteiger partial charge on any atom is 0.250 e. The van der Waals surface area contributed by atoms with E-state index in [-0.39, 0.29) is 10.8 Å². The van der Waals surface area contributed by atoms with Crippen molar-refractivity contribution in [2.75, 3.05) is 6.54 Å². The summed E-state index contributed by atoms with van der Waals surface area (Å²) >= 11 is 1.08. The van der Waals surface area contributed by atoms with Gasteiger partial charge in [-0.05, 0) is 18.4 Å². The van der Waals surface area contributed by atoms with Crippen LogP contribution in [-0.4, -0.2) is 60.8 Å². The van der Waals surface area contributed by atoms with Crippen LogP contribution in [0.25, 0.3) is 0 Å². The summed E-state index contributed by atoms with van der Waals surface area (Å²) in [6.45, 7) is 1.36. The number of aliphatic hydroxyl groups is 3. The van der Waals surface area contributed by atoms with E-state index in [9.17, 15) is 23.7 Å². The van der Waals surface area contributed by atoms with E-state index in [1.165, 1.54) is 6.07 Å². The van der Waals surface area contributed by atoms with Gasteiger partial charge < -0.3 is 20.1 Å². The van der Waals surface area contributed by atoms with Crippen molar-refractivity contribution in [1.82, 2.24) is 4.72 Å². The molecule has 0 aliphatic carbocycles. The van der Waals surface area contributed by atoms with Gasteiger partial charge in [-0.3, -0.25) is 0 Å². The van der Waals surface area contributed by atoms with E-state index in [1.54, 1.807) is 18.4 Å². The van der Waals surface area contributed by atoms with Crippen molar-refractivity contribution in [2.24, 2.45) is 0 Å². The first-order valence-corrected chi connectivity index (χ1v) is 8.42. The van der Waals surface area contributed by atoms with Crippen LogP contribution in [0, 0.1) is 0 Å². The van der Waals surface area contributed by atoms with E-state index in [0.717, 1.165) is 11.3 Å². The minimum atomic E-state index is -3.65. The molecule has 1 aromatic heterocycles. The Morgan fingerprint density at radius 2 is 2.00 bits per heavy atom. The Morgan fingerprint density at radius 3 is 2.60 bits per heavy atom. The number of sulfonamides is 1. The van der Waals surface area contributed by atoms with Crippen molar-refractivity contribution in [2.45, 2.75) is 41.7 Å². The molecule has 7 nitrogen and oxygen atoms in total. The van der Waals surface area contributed by atoms with E-state index >= 15 is 0 Å². The van der Waals surface area contributed by atoms with Crippen LogP contribution in [0.3, 0.4) is 0 Å². The average Bonchev–Trinajstić information content (AvgIpc) is 2.94. The van der Waals surface area contributed by atoms with Crippen LogP contribution in [0.2, 0.25) is 0 Å². The topological polar surface area (TPSA) is 116 Å². The molecule has 1 aliphatic heterocycles. The fourth-order valence-corrected chi connectivity index (χ4v) is 4.07. The molecule has 0 saturated carbocycles. The highest BCUT2D eigenvalue weighted by molar-refractivity contribution is 7.91. The fraction of sp³-hybridized carbons (Fsp3) is 0.636. The van der Waals surface area contributed by atoms with E-state index < -0.39 is 40.5 Å². The molecule has 1 saturated heterocycles. The summed E-state index contributed by atoms with van der Waals surface area (Å²) < 4.78 is 31.6. The Kier molecular flexibility index (Phi) is 4.80. The van der Waals surface area contributed by atoms with Crippen molar-refractivity contribution >= 4 is 21.4 Å². The molecule has 1 aliphatic rings. The monoisotopic (exact) mass is 323 g/mol. The minimum absolute atomic E-state index is 0.163. The van der Waals surface area contributed by atoms with Gasteiger partial charge in [0.25, 0.3) is 0 Å². The van der Waals surface area contributed by atoms with Crippen LogP contribution in [0.5, 0.6) is 0 Å². The fourth-order valence-electron chi connectivity index (χ4n) is 1.98. The lowest BCUT2D eigenvalue weighted by Crippen LogP contribution is -2.59. The van der Waals surface area contributed by atoms with Gasteiger partial charge in [0.05, 0.1) is 6.10 Å². The lowest BCUT2D eigenvalue weighted by Gasteiger charge is -2.39. The lowest BCUT2D eigenvalue weighted by molar-refractivity contribution is -0.214. The number of aliphatic hydroxyl groups excluding tert-OH is 3. The normalized spacial score (nSPS) is 35.1. The summed E-state index contributed by atoms with van der Waals surface area (Å²) in [5.74, 6) is 0. The Bertz CT molecular complexity index is 531. The zero-order valence-electron chi connectivity index (χ0n) is 10.7. The standard InChI is InChI=1S/C11H17NO6S2/c1-6-9(13)11(15)10(14)7(18-6)5-12-20(16,17)8-3-2-4-19-8/h2-4,6-7,9-15H,5H2,1H3/t6-,7+,9+,10+,11+/m0/s1. The molecule has 0 radical (unpaired) electrons. The molecule has 1 aromatic rings. The molecule has 4 N–H and O–H groups in total. The summed E-state index contributed by atoms with van der Waals surface area (Å²) in [4.78, 5) is 0. The maximum absolute atomic E-state index is 11.9. The summed E-state index contributed by atoms with van der Waals surface area (Å²) in [6.07, 6.45) is -5.53. The Morgan fingerprint density at radius 1 is 1.30 bits per heavy atom. The van der Waals surface area contributed by atoms with Crippen LogP contribution >= 0.6 is 11.3 Å². The van der Waals surface area contributed by atoms with Crippen LogP contribution in [0.1, 0.15) is 6.92 Å². The Labute approximate surface area is 120 Å². The Hall–Kier alpha value is -0.550. The molecule has 5 atom stereocenters. The second-order valence-electron chi connectivity index (χ2n) is 4.64. The van der Waals surface area contributed by atoms with Gasteiger partial charge in [0.1, 0.15) is 28.6 Å². The van der Waals surface area contributed by atoms with Crippen LogP contribution in [0.15, 0.2) is 21.7 Å². The SMILES string of the molecule is C[C@@H]1O[C@H](CNS(=O)(=O)c2cccs2)[C@@H](O)[C@H](O)[C@@H]1O. The quantitative estimate of drug-likeness (QED) is 0.559. The van der Waals surface area contributed by atoms with Crippen molar-refractivity contribution < 1.29 is 28.5 Å². The predicted octanol–water partition coefficient (Wildman–Crippen LogP) is -1.10. The van der Waals surface area contributed by atoms with Gasteiger partial charge in [-0.25, -0.2) is 13.1 Å². The number of thiophene rings is 1. The molecule has 2 rings (SSSR count). The molecule has 0 aromatic carbocycles. The molecule has 20 heavy (non-hydrogen) atoms. The smallest absolute Gasteiger partial charge is 0.250 e. The highest BCUT2D eigenvalue weighted by Crippen LogP contribution is 2.21. The van der Waals surface area contributed by atoms with Crippen molar-refractivity contribution in [3.05, 3.63) is 17.5 Å². The van der Waals surface area contributed by atoms with E-state index in [0.29, 0.717) is 0 Å². The lowest BCUT2D eigenvalue weighted by atomic mass is 9.96. The highest BCUT2D eigenvalue weighted by Gasteiger charge is 2.41. The number of nitrogens with one attached hydrogen (secondary N) is 1. The summed E-state index contributed by atoms with van der Waals surface area (Å²) in [7, 11) is -3.65. The van der Waals surface area contributed by atoms with Gasteiger partial charge in [0.2, 0.25) is 10.0 Å². The zero-order valence-corrected chi connectivity index (χ0v) is 12.3. The first-order valence-electron chi connectivity index (χ1n) is 6.06. The highest BCUT2D eigenvalue weighted by atomic mass is 32.2. The average molecular weight is 323 g/mol. The molecule has 0 bridgehead atoms. The van der Waals surface area contributed by atoms with Crippen LogP contribution < -0.4 is 4.72 Å². The van der Waals surface area contributed by atoms with E-state index in [4.69, 9.17) is 4.74 Å². The van der Waals surface area contributed by atoms with Crippen molar-refractivity contribution in [3.8, 4) is 0 Å². The van der Waals surface area contributed by atoms with Crippen LogP contribution in [0.4, 0.5) is 0 Å². The maximum atomic E-state index is 11.9. The molecule has 0 amide bonds. The molecule has 0 spiro atoms. The number of hydrogen-bond acceptors (Lipinski definition) is 7.